The maximum absolute atomic E-state index is 12.3. The van der Waals surface area contributed by atoms with Gasteiger partial charge in [-0.2, -0.15) is 0 Å². The van der Waals surface area contributed by atoms with Crippen LogP contribution in [-0.4, -0.2) is 26.8 Å². The molecular weight excluding hydrogens is 496 g/mol. The highest BCUT2D eigenvalue weighted by Crippen LogP contribution is 2.49. The van der Waals surface area contributed by atoms with E-state index in [2.05, 4.69) is 65.8 Å². The van der Waals surface area contributed by atoms with Gasteiger partial charge in [0.25, 0.3) is 0 Å². The first kappa shape index (κ1) is 27.1. The molecule has 0 spiro atoms. The molecule has 40 heavy (non-hydrogen) atoms. The molecule has 5 aromatic carbocycles. The summed E-state index contributed by atoms with van der Waals surface area (Å²) in [7, 11) is 3.17. The fourth-order valence-electron chi connectivity index (χ4n) is 6.54. The van der Waals surface area contributed by atoms with Gasteiger partial charge in [0.1, 0.15) is 11.5 Å². The Morgan fingerprint density at radius 1 is 0.450 bits per heavy atom. The number of aldehydes is 2. The van der Waals surface area contributed by atoms with E-state index >= 15 is 0 Å². The zero-order chi connectivity index (χ0) is 28.9. The maximum atomic E-state index is 12.3. The molecule has 0 saturated carbocycles. The Balaban J connectivity index is 2.17. The van der Waals surface area contributed by atoms with E-state index < -0.39 is 0 Å². The molecule has 5 rings (SSSR count). The summed E-state index contributed by atoms with van der Waals surface area (Å²) in [5.74, 6) is 1.02. The lowest BCUT2D eigenvalue weighted by Gasteiger charge is -2.24. The van der Waals surface area contributed by atoms with Crippen molar-refractivity contribution in [1.29, 1.82) is 0 Å². The van der Waals surface area contributed by atoms with Crippen LogP contribution in [0.25, 0.3) is 43.8 Å². The molecule has 4 heteroatoms. The number of carbonyl (C=O) groups is 2. The van der Waals surface area contributed by atoms with Crippen LogP contribution in [0.4, 0.5) is 0 Å². The van der Waals surface area contributed by atoms with Gasteiger partial charge < -0.3 is 9.47 Å². The maximum Gasteiger partial charge on any atom is 0.153 e. The van der Waals surface area contributed by atoms with Gasteiger partial charge in [0.2, 0.25) is 0 Å². The second kappa shape index (κ2) is 10.3. The highest BCUT2D eigenvalue weighted by Gasteiger charge is 2.24. The quantitative estimate of drug-likeness (QED) is 0.163. The molecule has 5 aromatic rings. The van der Waals surface area contributed by atoms with Crippen molar-refractivity contribution in [3.63, 3.8) is 0 Å². The standard InChI is InChI=1S/C36H34O4/c1-19-9-21(3)33(22(4)10-19)35-27-13-25(17-37)32(40-8)16-30(27)36(34-23(5)11-20(2)12-24(34)6)28-14-26(18-38)31(39-7)15-29(28)35/h9-18H,1-8H3. The number of ether oxygens (including phenoxy) is 2. The van der Waals surface area contributed by atoms with Gasteiger partial charge in [-0.3, -0.25) is 9.59 Å². The summed E-state index contributed by atoms with van der Waals surface area (Å²) in [6.07, 6.45) is 1.69. The number of hydrogen-bond acceptors (Lipinski definition) is 4. The third kappa shape index (κ3) is 4.24. The van der Waals surface area contributed by atoms with Crippen LogP contribution < -0.4 is 9.47 Å². The number of rotatable bonds is 6. The van der Waals surface area contributed by atoms with Crippen molar-refractivity contribution in [2.24, 2.45) is 0 Å². The van der Waals surface area contributed by atoms with Crippen molar-refractivity contribution in [2.75, 3.05) is 14.2 Å². The fraction of sp³-hybridized carbons (Fsp3) is 0.222. The predicted octanol–water partition coefficient (Wildman–Crippen LogP) is 8.82. The summed E-state index contributed by atoms with van der Waals surface area (Å²) in [5, 5.41) is 3.81. The summed E-state index contributed by atoms with van der Waals surface area (Å²) >= 11 is 0. The van der Waals surface area contributed by atoms with Crippen LogP contribution in [0.3, 0.4) is 0 Å². The SMILES string of the molecule is COc1cc2c(-c3c(C)cc(C)cc3C)c3cc(C=O)c(OC)cc3c(-c3c(C)cc(C)cc3C)c2cc1C=O. The monoisotopic (exact) mass is 530 g/mol. The number of aryl methyl sites for hydroxylation is 6. The molecule has 0 unspecified atom stereocenters. The molecule has 0 atom stereocenters. The Morgan fingerprint density at radius 2 is 0.750 bits per heavy atom. The first-order valence-corrected chi connectivity index (χ1v) is 13.4. The van der Waals surface area contributed by atoms with E-state index in [0.717, 1.165) is 78.6 Å². The number of benzene rings is 5. The lowest BCUT2D eigenvalue weighted by Crippen LogP contribution is -2.01. The van der Waals surface area contributed by atoms with Gasteiger partial charge in [0, 0.05) is 0 Å². The van der Waals surface area contributed by atoms with Crippen LogP contribution in [0, 0.1) is 41.5 Å². The van der Waals surface area contributed by atoms with E-state index in [0.29, 0.717) is 22.6 Å². The van der Waals surface area contributed by atoms with Crippen LogP contribution in [0.1, 0.15) is 54.1 Å². The summed E-state index contributed by atoms with van der Waals surface area (Å²) in [4.78, 5) is 24.5. The van der Waals surface area contributed by atoms with Crippen LogP contribution >= 0.6 is 0 Å². The molecule has 0 amide bonds. The van der Waals surface area contributed by atoms with Crippen LogP contribution in [-0.2, 0) is 0 Å². The van der Waals surface area contributed by atoms with E-state index in [9.17, 15) is 9.59 Å². The molecule has 4 nitrogen and oxygen atoms in total. The summed E-state index contributed by atoms with van der Waals surface area (Å²) in [6.45, 7) is 12.7. The number of hydrogen-bond donors (Lipinski definition) is 0. The molecule has 0 fully saturated rings. The van der Waals surface area contributed by atoms with Crippen molar-refractivity contribution in [3.05, 3.63) is 93.0 Å². The van der Waals surface area contributed by atoms with Gasteiger partial charge in [0.15, 0.2) is 12.6 Å². The largest absolute Gasteiger partial charge is 0.496 e. The van der Waals surface area contributed by atoms with Crippen LogP contribution in [0.2, 0.25) is 0 Å². The van der Waals surface area contributed by atoms with E-state index in [4.69, 9.17) is 9.47 Å². The normalized spacial score (nSPS) is 11.2. The third-order valence-electron chi connectivity index (χ3n) is 7.93. The molecule has 0 N–H and O–H groups in total. The first-order valence-electron chi connectivity index (χ1n) is 13.4. The molecule has 0 saturated heterocycles. The van der Waals surface area contributed by atoms with Gasteiger partial charge in [-0.15, -0.1) is 0 Å². The van der Waals surface area contributed by atoms with Gasteiger partial charge >= 0.3 is 0 Å². The van der Waals surface area contributed by atoms with Crippen molar-refractivity contribution in [1.82, 2.24) is 0 Å². The second-order valence-electron chi connectivity index (χ2n) is 10.8. The minimum absolute atomic E-state index is 0.484. The summed E-state index contributed by atoms with van der Waals surface area (Å²) < 4.78 is 11.4. The highest BCUT2D eigenvalue weighted by molar-refractivity contribution is 6.24. The third-order valence-corrected chi connectivity index (χ3v) is 7.93. The topological polar surface area (TPSA) is 52.6 Å². The molecule has 0 aliphatic heterocycles. The molecule has 0 aromatic heterocycles. The second-order valence-corrected chi connectivity index (χ2v) is 10.8. The lowest BCUT2D eigenvalue weighted by molar-refractivity contribution is 0.111. The summed E-state index contributed by atoms with van der Waals surface area (Å²) in [5.41, 5.74) is 12.1. The predicted molar refractivity (Wildman–Crippen MR) is 165 cm³/mol. The molecule has 0 radical (unpaired) electrons. The zero-order valence-corrected chi connectivity index (χ0v) is 24.4. The molecule has 202 valence electrons. The van der Waals surface area contributed by atoms with E-state index in [1.165, 1.54) is 11.1 Å². The Labute approximate surface area is 235 Å². The smallest absolute Gasteiger partial charge is 0.153 e. The Hall–Kier alpha value is -4.44. The summed E-state index contributed by atoms with van der Waals surface area (Å²) in [6, 6.07) is 16.6. The molecule has 0 heterocycles. The average Bonchev–Trinajstić information content (AvgIpc) is 2.91. The van der Waals surface area contributed by atoms with E-state index in [-0.39, 0.29) is 0 Å². The fourth-order valence-corrected chi connectivity index (χ4v) is 6.54. The van der Waals surface area contributed by atoms with Gasteiger partial charge in [-0.25, -0.2) is 0 Å². The Kier molecular flexibility index (Phi) is 6.97. The van der Waals surface area contributed by atoms with Crippen molar-refractivity contribution < 1.29 is 19.1 Å². The molecule has 0 aliphatic carbocycles. The lowest BCUT2D eigenvalue weighted by atomic mass is 9.80. The van der Waals surface area contributed by atoms with E-state index in [1.54, 1.807) is 14.2 Å². The molecular formula is C36H34O4. The first-order chi connectivity index (χ1) is 19.1. The number of methoxy groups -OCH3 is 2. The van der Waals surface area contributed by atoms with Crippen molar-refractivity contribution >= 4 is 34.1 Å². The molecule has 0 aliphatic rings. The van der Waals surface area contributed by atoms with E-state index in [1.807, 2.05) is 24.3 Å². The van der Waals surface area contributed by atoms with Gasteiger partial charge in [0.05, 0.1) is 25.3 Å². The van der Waals surface area contributed by atoms with Crippen LogP contribution in [0.15, 0.2) is 48.5 Å². The van der Waals surface area contributed by atoms with Crippen LogP contribution in [0.5, 0.6) is 11.5 Å². The zero-order valence-electron chi connectivity index (χ0n) is 24.4. The highest BCUT2D eigenvalue weighted by atomic mass is 16.5. The van der Waals surface area contributed by atoms with Gasteiger partial charge in [-0.05, 0) is 132 Å². The van der Waals surface area contributed by atoms with Gasteiger partial charge in [-0.1, -0.05) is 35.4 Å². The Morgan fingerprint density at radius 3 is 1.02 bits per heavy atom. The Bertz CT molecular complexity index is 1680. The molecule has 0 bridgehead atoms. The number of carbonyl (C=O) groups excluding carboxylic acids is 2. The van der Waals surface area contributed by atoms with Crippen molar-refractivity contribution in [2.45, 2.75) is 41.5 Å². The average molecular weight is 531 g/mol. The minimum atomic E-state index is 0.484. The minimum Gasteiger partial charge on any atom is -0.496 e. The number of fused-ring (bicyclic) bond motifs is 2. The van der Waals surface area contributed by atoms with Crippen molar-refractivity contribution in [3.8, 4) is 33.8 Å².